The van der Waals surface area contributed by atoms with Crippen LogP contribution in [0.4, 0.5) is 4.39 Å². The van der Waals surface area contributed by atoms with Gasteiger partial charge >= 0.3 is 6.01 Å². The molecule has 5 nitrogen and oxygen atoms in total. The van der Waals surface area contributed by atoms with Crippen LogP contribution in [-0.4, -0.2) is 15.1 Å². The maximum atomic E-state index is 13.3. The summed E-state index contributed by atoms with van der Waals surface area (Å²) in [5.74, 6) is -0.467. The molecule has 0 spiro atoms. The van der Waals surface area contributed by atoms with E-state index in [1.54, 1.807) is 6.07 Å². The molecule has 1 N–H and O–H groups in total. The summed E-state index contributed by atoms with van der Waals surface area (Å²) in [6.45, 7) is -0.161. The summed E-state index contributed by atoms with van der Waals surface area (Å²) in [5, 5.41) is 17.4. The number of hydrogen-bond donors (Lipinski definition) is 1. The molecule has 0 aliphatic heterocycles. The molecule has 1 heterocycles. The average Bonchev–Trinajstić information content (AvgIpc) is 2.40. The fourth-order valence-electron chi connectivity index (χ4n) is 1.23. The van der Waals surface area contributed by atoms with E-state index in [0.717, 1.165) is 6.07 Å². The van der Waals surface area contributed by atoms with E-state index < -0.39 is 5.82 Å². The second kappa shape index (κ2) is 5.21. The Morgan fingerprint density at radius 3 is 2.61 bits per heavy atom. The Morgan fingerprint density at radius 2 is 2.06 bits per heavy atom. The van der Waals surface area contributed by atoms with Crippen LogP contribution in [-0.2, 0) is 6.61 Å². The molecule has 0 saturated heterocycles. The molecule has 90 valence electrons. The fraction of sp³-hybridized carbons (Fsp3) is 0.0833. The lowest BCUT2D eigenvalue weighted by atomic mass is 10.2. The largest absolute Gasteiger partial charge is 0.424 e. The highest BCUT2D eigenvalue weighted by atomic mass is 19.1. The molecule has 0 bridgehead atoms. The summed E-state index contributed by atoms with van der Waals surface area (Å²) in [4.78, 5) is 7.67. The third kappa shape index (κ3) is 2.59. The van der Waals surface area contributed by atoms with Crippen LogP contribution in [0.5, 0.6) is 11.8 Å². The van der Waals surface area contributed by atoms with Gasteiger partial charge in [0.25, 0.3) is 0 Å². The maximum absolute atomic E-state index is 13.3. The second-order valence-electron chi connectivity index (χ2n) is 3.39. The summed E-state index contributed by atoms with van der Waals surface area (Å²) < 4.78 is 18.5. The van der Waals surface area contributed by atoms with Crippen molar-refractivity contribution in [2.75, 3.05) is 0 Å². The van der Waals surface area contributed by atoms with Gasteiger partial charge < -0.3 is 9.84 Å². The number of hydrogen-bond acceptors (Lipinski definition) is 5. The zero-order valence-electron chi connectivity index (χ0n) is 9.17. The zero-order chi connectivity index (χ0) is 13.0. The minimum Gasteiger partial charge on any atom is -0.424 e. The third-order valence-electron chi connectivity index (χ3n) is 2.13. The molecular weight excluding hydrogens is 237 g/mol. The van der Waals surface area contributed by atoms with Gasteiger partial charge in [0.15, 0.2) is 0 Å². The first-order valence-electron chi connectivity index (χ1n) is 5.02. The summed E-state index contributed by atoms with van der Waals surface area (Å²) in [6, 6.07) is 5.60. The van der Waals surface area contributed by atoms with Crippen molar-refractivity contribution in [3.8, 4) is 17.8 Å². The first-order valence-corrected chi connectivity index (χ1v) is 5.02. The van der Waals surface area contributed by atoms with Crippen LogP contribution >= 0.6 is 0 Å². The molecule has 0 aliphatic rings. The molecule has 0 atom stereocenters. The van der Waals surface area contributed by atoms with E-state index in [9.17, 15) is 4.39 Å². The van der Waals surface area contributed by atoms with Crippen molar-refractivity contribution in [3.63, 3.8) is 0 Å². The van der Waals surface area contributed by atoms with Gasteiger partial charge in [0.2, 0.25) is 0 Å². The summed E-state index contributed by atoms with van der Waals surface area (Å²) in [7, 11) is 0. The number of nitrogens with zero attached hydrogens (tertiary/aromatic N) is 3. The van der Waals surface area contributed by atoms with Gasteiger partial charge in [0.05, 0.1) is 12.2 Å². The number of nitriles is 1. The molecule has 0 unspecified atom stereocenters. The van der Waals surface area contributed by atoms with Gasteiger partial charge in [-0.25, -0.2) is 14.4 Å². The minimum atomic E-state index is -0.665. The lowest BCUT2D eigenvalue weighted by molar-refractivity contribution is 0.280. The maximum Gasteiger partial charge on any atom is 0.321 e. The second-order valence-corrected chi connectivity index (χ2v) is 3.39. The first-order chi connectivity index (χ1) is 8.72. The monoisotopic (exact) mass is 245 g/mol. The number of halogens is 1. The topological polar surface area (TPSA) is 79.0 Å². The van der Waals surface area contributed by atoms with Crippen molar-refractivity contribution in [1.82, 2.24) is 9.97 Å². The number of ether oxygens (including phenoxy) is 1. The number of aromatic nitrogens is 2. The quantitative estimate of drug-likeness (QED) is 0.891. The molecule has 0 radical (unpaired) electrons. The molecule has 0 aliphatic carbocycles. The molecule has 1 aromatic heterocycles. The Balaban J connectivity index is 2.18. The Labute approximate surface area is 102 Å². The molecule has 6 heteroatoms. The van der Waals surface area contributed by atoms with Crippen molar-refractivity contribution in [2.45, 2.75) is 6.61 Å². The van der Waals surface area contributed by atoms with E-state index >= 15 is 0 Å². The number of rotatable bonds is 3. The lowest BCUT2D eigenvalue weighted by Crippen LogP contribution is -1.94. The van der Waals surface area contributed by atoms with E-state index in [1.807, 2.05) is 0 Å². The lowest BCUT2D eigenvalue weighted by Gasteiger charge is -2.04. The molecule has 0 fully saturated rings. The van der Waals surface area contributed by atoms with Crippen molar-refractivity contribution in [2.24, 2.45) is 0 Å². The van der Waals surface area contributed by atoms with E-state index in [4.69, 9.17) is 15.1 Å². The summed E-state index contributed by atoms with van der Waals surface area (Å²) >= 11 is 0. The van der Waals surface area contributed by atoms with Gasteiger partial charge in [-0.2, -0.15) is 5.26 Å². The fourth-order valence-corrected chi connectivity index (χ4v) is 1.23. The SMILES string of the molecule is N#Cc1ccc(Oc2ncc(CO)cn2)cc1F. The Hall–Kier alpha value is -2.52. The third-order valence-corrected chi connectivity index (χ3v) is 2.13. The summed E-state index contributed by atoms with van der Waals surface area (Å²) in [6.07, 6.45) is 2.81. The van der Waals surface area contributed by atoms with Crippen molar-refractivity contribution in [3.05, 3.63) is 47.5 Å². The predicted molar refractivity (Wildman–Crippen MR) is 59.1 cm³/mol. The molecule has 0 amide bonds. The number of aliphatic hydroxyl groups is 1. The van der Waals surface area contributed by atoms with Gasteiger partial charge in [-0.1, -0.05) is 0 Å². The average molecular weight is 245 g/mol. The molecule has 0 saturated carbocycles. The smallest absolute Gasteiger partial charge is 0.321 e. The number of aliphatic hydroxyl groups excluding tert-OH is 1. The number of benzene rings is 1. The first kappa shape index (κ1) is 12.0. The minimum absolute atomic E-state index is 0.0382. The van der Waals surface area contributed by atoms with Gasteiger partial charge in [0, 0.05) is 24.0 Å². The van der Waals surface area contributed by atoms with Crippen LogP contribution in [0.25, 0.3) is 0 Å². The normalized spacial score (nSPS) is 9.83. The van der Waals surface area contributed by atoms with Crippen LogP contribution in [0.2, 0.25) is 0 Å². The molecule has 2 rings (SSSR count). The van der Waals surface area contributed by atoms with Crippen molar-refractivity contribution in [1.29, 1.82) is 5.26 Å². The van der Waals surface area contributed by atoms with Crippen LogP contribution in [0, 0.1) is 17.1 Å². The summed E-state index contributed by atoms with van der Waals surface area (Å²) in [5.41, 5.74) is 0.493. The highest BCUT2D eigenvalue weighted by molar-refractivity contribution is 5.37. The molecule has 18 heavy (non-hydrogen) atoms. The molecule has 1 aromatic carbocycles. The van der Waals surface area contributed by atoms with Gasteiger partial charge in [-0.15, -0.1) is 0 Å². The predicted octanol–water partition coefficient (Wildman–Crippen LogP) is 1.77. The van der Waals surface area contributed by atoms with E-state index in [-0.39, 0.29) is 23.9 Å². The van der Waals surface area contributed by atoms with Crippen LogP contribution in [0.3, 0.4) is 0 Å². The van der Waals surface area contributed by atoms with Crippen molar-refractivity contribution < 1.29 is 14.2 Å². The molecule has 2 aromatic rings. The Bertz CT molecular complexity index is 593. The highest BCUT2D eigenvalue weighted by Gasteiger charge is 2.05. The Morgan fingerprint density at radius 1 is 1.33 bits per heavy atom. The van der Waals surface area contributed by atoms with Gasteiger partial charge in [0.1, 0.15) is 17.6 Å². The van der Waals surface area contributed by atoms with E-state index in [0.29, 0.717) is 5.56 Å². The highest BCUT2D eigenvalue weighted by Crippen LogP contribution is 2.20. The van der Waals surface area contributed by atoms with Gasteiger partial charge in [-0.3, -0.25) is 0 Å². The van der Waals surface area contributed by atoms with Crippen LogP contribution in [0.15, 0.2) is 30.6 Å². The van der Waals surface area contributed by atoms with E-state index in [2.05, 4.69) is 9.97 Å². The molecular formula is C12H8FN3O2. The van der Waals surface area contributed by atoms with Crippen LogP contribution < -0.4 is 4.74 Å². The van der Waals surface area contributed by atoms with E-state index in [1.165, 1.54) is 24.5 Å². The van der Waals surface area contributed by atoms with Crippen LogP contribution in [0.1, 0.15) is 11.1 Å². The zero-order valence-corrected chi connectivity index (χ0v) is 9.17. The Kier molecular flexibility index (Phi) is 3.46. The van der Waals surface area contributed by atoms with Gasteiger partial charge in [-0.05, 0) is 12.1 Å². The van der Waals surface area contributed by atoms with Crippen molar-refractivity contribution >= 4 is 0 Å². The standard InChI is InChI=1S/C12H8FN3O2/c13-11-3-10(2-1-9(11)4-14)18-12-15-5-8(7-17)6-16-12/h1-3,5-6,17H,7H2.